The molecule has 3 N–H and O–H groups in total. The summed E-state index contributed by atoms with van der Waals surface area (Å²) in [5.41, 5.74) is 12.4. The van der Waals surface area contributed by atoms with Crippen molar-refractivity contribution >= 4 is 0 Å². The first-order valence-electron chi connectivity index (χ1n) is 12.3. The first-order chi connectivity index (χ1) is 17.5. The van der Waals surface area contributed by atoms with E-state index < -0.39 is 0 Å². The van der Waals surface area contributed by atoms with Gasteiger partial charge in [-0.2, -0.15) is 10.3 Å². The van der Waals surface area contributed by atoms with Crippen molar-refractivity contribution in [2.45, 2.75) is 45.7 Å². The van der Waals surface area contributed by atoms with Crippen LogP contribution in [-0.4, -0.2) is 35.4 Å². The van der Waals surface area contributed by atoms with E-state index in [1.165, 1.54) is 0 Å². The van der Waals surface area contributed by atoms with E-state index in [1.807, 2.05) is 29.8 Å². The molecule has 0 saturated carbocycles. The van der Waals surface area contributed by atoms with Crippen LogP contribution in [0.25, 0.3) is 33.9 Å². The summed E-state index contributed by atoms with van der Waals surface area (Å²) in [6, 6.07) is 24.9. The smallest absolute Gasteiger partial charge is 0.205 e. The Kier molecular flexibility index (Phi) is 6.69. The Hall–Kier alpha value is -4.17. The highest BCUT2D eigenvalue weighted by atomic mass is 15.5. The van der Waals surface area contributed by atoms with E-state index in [-0.39, 0.29) is 12.0 Å². The molecule has 5 rings (SSSR count). The number of nitrogens with zero attached hydrogens (tertiary/aromatic N) is 6. The lowest BCUT2D eigenvalue weighted by molar-refractivity contribution is 0.633. The molecule has 5 aromatic rings. The van der Waals surface area contributed by atoms with Crippen LogP contribution in [-0.2, 0) is 6.54 Å². The number of nitrogens with two attached hydrogens (primary N) is 1. The van der Waals surface area contributed by atoms with Gasteiger partial charge in [0.25, 0.3) is 0 Å². The molecule has 2 heterocycles. The average molecular weight is 479 g/mol. The Morgan fingerprint density at radius 3 is 2.22 bits per heavy atom. The zero-order chi connectivity index (χ0) is 25.1. The quantitative estimate of drug-likeness (QED) is 0.310. The van der Waals surface area contributed by atoms with Crippen molar-refractivity contribution < 1.29 is 0 Å². The number of aromatic nitrogens is 7. The van der Waals surface area contributed by atoms with Crippen LogP contribution in [0.5, 0.6) is 0 Å². The van der Waals surface area contributed by atoms with Gasteiger partial charge in [-0.05, 0) is 40.8 Å². The largest absolute Gasteiger partial charge is 0.324 e. The van der Waals surface area contributed by atoms with Gasteiger partial charge >= 0.3 is 0 Å². The third kappa shape index (κ3) is 4.81. The van der Waals surface area contributed by atoms with Gasteiger partial charge in [-0.25, -0.2) is 9.67 Å². The summed E-state index contributed by atoms with van der Waals surface area (Å²) in [5, 5.41) is 19.4. The summed E-state index contributed by atoms with van der Waals surface area (Å²) in [6.45, 7) is 6.94. The first kappa shape index (κ1) is 23.6. The van der Waals surface area contributed by atoms with Crippen LogP contribution in [0.15, 0.2) is 72.8 Å². The van der Waals surface area contributed by atoms with Crippen LogP contribution in [0, 0.1) is 0 Å². The normalized spacial score (nSPS) is 13.0. The maximum atomic E-state index is 6.04. The highest BCUT2D eigenvalue weighted by Crippen LogP contribution is 2.30. The fraction of sp³-hybridized carbons (Fsp3) is 0.250. The molecule has 0 aliphatic heterocycles. The van der Waals surface area contributed by atoms with Crippen LogP contribution < -0.4 is 5.73 Å². The second-order valence-corrected chi connectivity index (χ2v) is 9.15. The molecule has 2 unspecified atom stereocenters. The van der Waals surface area contributed by atoms with E-state index in [2.05, 4.69) is 89.1 Å². The number of tetrazole rings is 1. The fourth-order valence-electron chi connectivity index (χ4n) is 4.18. The number of hydrogen-bond donors (Lipinski definition) is 2. The molecule has 0 radical (unpaired) electrons. The number of H-pyrrole nitrogens is 1. The molecule has 0 spiro atoms. The van der Waals surface area contributed by atoms with Crippen molar-refractivity contribution in [2.24, 2.45) is 5.73 Å². The van der Waals surface area contributed by atoms with Crippen molar-refractivity contribution in [1.29, 1.82) is 0 Å². The van der Waals surface area contributed by atoms with Gasteiger partial charge in [-0.1, -0.05) is 86.6 Å². The summed E-state index contributed by atoms with van der Waals surface area (Å²) >= 11 is 0. The topological polar surface area (TPSA) is 111 Å². The summed E-state index contributed by atoms with van der Waals surface area (Å²) in [7, 11) is 0. The molecule has 8 heteroatoms. The van der Waals surface area contributed by atoms with Crippen LogP contribution in [0.4, 0.5) is 0 Å². The van der Waals surface area contributed by atoms with E-state index in [4.69, 9.17) is 15.8 Å². The van der Waals surface area contributed by atoms with Crippen LogP contribution >= 0.6 is 0 Å². The van der Waals surface area contributed by atoms with E-state index in [9.17, 15) is 0 Å². The van der Waals surface area contributed by atoms with Gasteiger partial charge in [-0.15, -0.1) is 10.2 Å². The van der Waals surface area contributed by atoms with Gasteiger partial charge in [-0.3, -0.25) is 0 Å². The van der Waals surface area contributed by atoms with E-state index in [0.29, 0.717) is 12.4 Å². The van der Waals surface area contributed by atoms with Crippen LogP contribution in [0.3, 0.4) is 0 Å². The maximum absolute atomic E-state index is 6.04. The first-order valence-corrected chi connectivity index (χ1v) is 12.3. The predicted octanol–water partition coefficient (Wildman–Crippen LogP) is 5.37. The van der Waals surface area contributed by atoms with Crippen molar-refractivity contribution in [1.82, 2.24) is 35.4 Å². The minimum Gasteiger partial charge on any atom is -0.324 e. The minimum atomic E-state index is -0.00342. The molecule has 0 aliphatic carbocycles. The molecule has 2 atom stereocenters. The third-order valence-corrected chi connectivity index (χ3v) is 6.55. The molecular formula is C28H30N8. The van der Waals surface area contributed by atoms with Gasteiger partial charge in [0.1, 0.15) is 0 Å². The maximum Gasteiger partial charge on any atom is 0.205 e. The van der Waals surface area contributed by atoms with E-state index in [1.54, 1.807) is 0 Å². The summed E-state index contributed by atoms with van der Waals surface area (Å²) in [5.74, 6) is 2.61. The minimum absolute atomic E-state index is 0.00342. The summed E-state index contributed by atoms with van der Waals surface area (Å²) in [4.78, 5) is 4.92. The molecule has 36 heavy (non-hydrogen) atoms. The Bertz CT molecular complexity index is 1420. The van der Waals surface area contributed by atoms with Gasteiger partial charge in [0.2, 0.25) is 5.82 Å². The molecule has 0 aliphatic rings. The SMILES string of the molecule is CCC(C)c1nc(-c2ccc(C(C)N)cc2)n(Cc2ccc(-c3ccccc3-c3nn[nH]n3)cc2)n1. The monoisotopic (exact) mass is 478 g/mol. The molecular weight excluding hydrogens is 448 g/mol. The van der Waals surface area contributed by atoms with Crippen molar-refractivity contribution in [3.63, 3.8) is 0 Å². The molecule has 2 aromatic heterocycles. The number of benzene rings is 3. The molecule has 8 nitrogen and oxygen atoms in total. The molecule has 3 aromatic carbocycles. The van der Waals surface area contributed by atoms with Crippen molar-refractivity contribution in [3.8, 4) is 33.9 Å². The Morgan fingerprint density at radius 1 is 0.889 bits per heavy atom. The third-order valence-electron chi connectivity index (χ3n) is 6.55. The Balaban J connectivity index is 1.45. The summed E-state index contributed by atoms with van der Waals surface area (Å²) < 4.78 is 2.00. The van der Waals surface area contributed by atoms with E-state index >= 15 is 0 Å². The lowest BCUT2D eigenvalue weighted by atomic mass is 9.98. The second-order valence-electron chi connectivity index (χ2n) is 9.15. The zero-order valence-corrected chi connectivity index (χ0v) is 20.8. The van der Waals surface area contributed by atoms with Crippen LogP contribution in [0.2, 0.25) is 0 Å². The highest BCUT2D eigenvalue weighted by Gasteiger charge is 2.17. The lowest BCUT2D eigenvalue weighted by Gasteiger charge is -2.10. The number of aromatic amines is 1. The number of hydrogen-bond acceptors (Lipinski definition) is 6. The van der Waals surface area contributed by atoms with Crippen molar-refractivity contribution in [2.75, 3.05) is 0 Å². The Labute approximate surface area is 210 Å². The standard InChI is InChI=1S/C28H30N8/c1-4-18(2)26-30-28(23-15-13-21(14-16-23)19(3)29)36(33-26)17-20-9-11-22(12-10-20)24-7-5-6-8-25(24)27-31-34-35-32-27/h5-16,18-19H,4,17,29H2,1-3H3,(H,31,32,34,35). The van der Waals surface area contributed by atoms with Gasteiger partial charge in [0, 0.05) is 23.1 Å². The van der Waals surface area contributed by atoms with Gasteiger partial charge < -0.3 is 5.73 Å². The molecule has 0 fully saturated rings. The molecule has 0 amide bonds. The molecule has 0 saturated heterocycles. The van der Waals surface area contributed by atoms with E-state index in [0.717, 1.165) is 51.5 Å². The fourth-order valence-corrected chi connectivity index (χ4v) is 4.18. The number of rotatable bonds is 8. The molecule has 0 bridgehead atoms. The Morgan fingerprint density at radius 2 is 1.58 bits per heavy atom. The number of nitrogens with one attached hydrogen (secondary N) is 1. The molecule has 182 valence electrons. The highest BCUT2D eigenvalue weighted by molar-refractivity contribution is 5.80. The average Bonchev–Trinajstić information content (AvgIpc) is 3.60. The van der Waals surface area contributed by atoms with Crippen molar-refractivity contribution in [3.05, 3.63) is 89.7 Å². The second kappa shape index (κ2) is 10.2. The van der Waals surface area contributed by atoms with Gasteiger partial charge in [0.15, 0.2) is 11.6 Å². The van der Waals surface area contributed by atoms with Gasteiger partial charge in [0.05, 0.1) is 6.54 Å². The predicted molar refractivity (Wildman–Crippen MR) is 141 cm³/mol. The lowest BCUT2D eigenvalue weighted by Crippen LogP contribution is -2.06. The zero-order valence-electron chi connectivity index (χ0n) is 20.8. The van der Waals surface area contributed by atoms with Crippen LogP contribution in [0.1, 0.15) is 56.1 Å². The summed E-state index contributed by atoms with van der Waals surface area (Å²) in [6.07, 6.45) is 0.988.